The lowest BCUT2D eigenvalue weighted by Gasteiger charge is -2.04. The lowest BCUT2D eigenvalue weighted by Crippen LogP contribution is -2.30. The van der Waals surface area contributed by atoms with E-state index < -0.39 is 15.8 Å². The minimum atomic E-state index is -4.46. The van der Waals surface area contributed by atoms with Crippen LogP contribution in [-0.4, -0.2) is 30.9 Å². The van der Waals surface area contributed by atoms with Crippen LogP contribution in [0, 0.1) is 6.92 Å². The normalized spacial score (nSPS) is 12.2. The lowest BCUT2D eigenvalue weighted by molar-refractivity contribution is 0.232. The van der Waals surface area contributed by atoms with Crippen LogP contribution in [0.25, 0.3) is 0 Å². The van der Waals surface area contributed by atoms with E-state index >= 15 is 0 Å². The van der Waals surface area contributed by atoms with Gasteiger partial charge in [0.05, 0.1) is 6.20 Å². The van der Waals surface area contributed by atoms with Gasteiger partial charge in [0.15, 0.2) is 0 Å². The third kappa shape index (κ3) is 3.53. The van der Waals surface area contributed by atoms with Crippen LogP contribution in [0.5, 0.6) is 0 Å². The number of rotatable bonds is 6. The fraction of sp³-hybridized carbons (Fsp3) is 0.625. The average molecular weight is 253 g/mol. The standard InChI is InChI=1S/C8H13F2N3O2S/c1-6-7(5-11-13-6)3-2-4-12-16(14,15)8(9)10/h5,8,12H,2-4H2,1H3,(H,11,13). The topological polar surface area (TPSA) is 74.8 Å². The lowest BCUT2D eigenvalue weighted by atomic mass is 10.1. The summed E-state index contributed by atoms with van der Waals surface area (Å²) in [4.78, 5) is 0. The third-order valence-corrected chi connectivity index (χ3v) is 3.17. The van der Waals surface area contributed by atoms with Crippen LogP contribution < -0.4 is 4.72 Å². The van der Waals surface area contributed by atoms with Crippen molar-refractivity contribution in [1.29, 1.82) is 0 Å². The molecule has 8 heteroatoms. The van der Waals surface area contributed by atoms with Gasteiger partial charge in [0, 0.05) is 12.2 Å². The largest absolute Gasteiger partial charge is 0.350 e. The van der Waals surface area contributed by atoms with Crippen molar-refractivity contribution in [3.8, 4) is 0 Å². The molecule has 0 unspecified atom stereocenters. The van der Waals surface area contributed by atoms with Gasteiger partial charge in [-0.3, -0.25) is 5.10 Å². The Morgan fingerprint density at radius 2 is 2.25 bits per heavy atom. The second-order valence-corrected chi connectivity index (χ2v) is 5.06. The molecule has 0 spiro atoms. The number of nitrogens with zero attached hydrogens (tertiary/aromatic N) is 1. The molecule has 0 aliphatic heterocycles. The van der Waals surface area contributed by atoms with Crippen molar-refractivity contribution in [3.05, 3.63) is 17.5 Å². The molecule has 0 saturated carbocycles. The van der Waals surface area contributed by atoms with Gasteiger partial charge in [-0.25, -0.2) is 13.1 Å². The zero-order chi connectivity index (χ0) is 12.2. The highest BCUT2D eigenvalue weighted by Gasteiger charge is 2.22. The van der Waals surface area contributed by atoms with E-state index in [1.54, 1.807) is 6.20 Å². The molecule has 1 aromatic rings. The fourth-order valence-electron chi connectivity index (χ4n) is 1.18. The monoisotopic (exact) mass is 253 g/mol. The van der Waals surface area contributed by atoms with Crippen molar-refractivity contribution in [3.63, 3.8) is 0 Å². The molecule has 0 fully saturated rings. The zero-order valence-corrected chi connectivity index (χ0v) is 9.52. The van der Waals surface area contributed by atoms with Crippen LogP contribution in [0.15, 0.2) is 6.20 Å². The summed E-state index contributed by atoms with van der Waals surface area (Å²) in [7, 11) is -4.46. The first-order chi connectivity index (χ1) is 7.43. The predicted molar refractivity (Wildman–Crippen MR) is 54.6 cm³/mol. The number of nitrogens with one attached hydrogen (secondary N) is 2. The van der Waals surface area contributed by atoms with Gasteiger partial charge in [0.2, 0.25) is 0 Å². The van der Waals surface area contributed by atoms with Gasteiger partial charge in [0.25, 0.3) is 10.0 Å². The summed E-state index contributed by atoms with van der Waals surface area (Å²) in [5.41, 5.74) is 1.85. The molecule has 0 radical (unpaired) electrons. The minimum absolute atomic E-state index is 0.00269. The number of hydrogen-bond acceptors (Lipinski definition) is 3. The number of sulfonamides is 1. The maximum atomic E-state index is 11.9. The summed E-state index contributed by atoms with van der Waals surface area (Å²) in [6, 6.07) is 0. The third-order valence-electron chi connectivity index (χ3n) is 2.10. The highest BCUT2D eigenvalue weighted by atomic mass is 32.2. The zero-order valence-electron chi connectivity index (χ0n) is 8.70. The van der Waals surface area contributed by atoms with Crippen molar-refractivity contribution < 1.29 is 17.2 Å². The molecule has 0 atom stereocenters. The maximum Gasteiger partial charge on any atom is 0.350 e. The Hall–Kier alpha value is -1.02. The van der Waals surface area contributed by atoms with Crippen LogP contribution in [0.2, 0.25) is 0 Å². The van der Waals surface area contributed by atoms with Gasteiger partial charge in [0.1, 0.15) is 0 Å². The molecule has 0 aliphatic carbocycles. The molecule has 0 aliphatic rings. The quantitative estimate of drug-likeness (QED) is 0.736. The van der Waals surface area contributed by atoms with E-state index in [0.717, 1.165) is 11.3 Å². The molecule has 0 bridgehead atoms. The molecule has 1 rings (SSSR count). The molecule has 2 N–H and O–H groups in total. The second kappa shape index (κ2) is 5.35. The molecule has 5 nitrogen and oxygen atoms in total. The first-order valence-corrected chi connectivity index (χ1v) is 6.23. The molecule has 16 heavy (non-hydrogen) atoms. The van der Waals surface area contributed by atoms with Crippen molar-refractivity contribution in [2.45, 2.75) is 25.5 Å². The predicted octanol–water partition coefficient (Wildman–Crippen LogP) is 0.793. The first kappa shape index (κ1) is 13.0. The Labute approximate surface area is 92.3 Å². The van der Waals surface area contributed by atoms with Gasteiger partial charge in [-0.15, -0.1) is 0 Å². The minimum Gasteiger partial charge on any atom is -0.283 e. The molecule has 1 aromatic heterocycles. The summed E-state index contributed by atoms with van der Waals surface area (Å²) in [5.74, 6) is -3.37. The molecule has 0 saturated heterocycles. The number of aromatic amines is 1. The summed E-state index contributed by atoms with van der Waals surface area (Å²) < 4.78 is 47.0. The molecule has 0 aromatic carbocycles. The van der Waals surface area contributed by atoms with Gasteiger partial charge in [-0.2, -0.15) is 13.9 Å². The van der Waals surface area contributed by atoms with Gasteiger partial charge in [-0.05, 0) is 25.3 Å². The summed E-state index contributed by atoms with van der Waals surface area (Å²) in [5, 5.41) is 6.53. The van der Waals surface area contributed by atoms with Crippen molar-refractivity contribution in [1.82, 2.24) is 14.9 Å². The Morgan fingerprint density at radius 1 is 1.56 bits per heavy atom. The molecule has 92 valence electrons. The van der Waals surface area contributed by atoms with E-state index in [-0.39, 0.29) is 6.54 Å². The average Bonchev–Trinajstić information content (AvgIpc) is 2.59. The number of alkyl halides is 2. The van der Waals surface area contributed by atoms with Crippen LogP contribution >= 0.6 is 0 Å². The van der Waals surface area contributed by atoms with E-state index in [1.165, 1.54) is 0 Å². The molecular formula is C8H13F2N3O2S. The smallest absolute Gasteiger partial charge is 0.283 e. The van der Waals surface area contributed by atoms with Crippen LogP contribution in [-0.2, 0) is 16.4 Å². The van der Waals surface area contributed by atoms with Crippen LogP contribution in [0.3, 0.4) is 0 Å². The highest BCUT2D eigenvalue weighted by molar-refractivity contribution is 7.89. The SMILES string of the molecule is Cc1[nH]ncc1CCCNS(=O)(=O)C(F)F. The van der Waals surface area contributed by atoms with E-state index in [1.807, 2.05) is 11.6 Å². The van der Waals surface area contributed by atoms with E-state index in [9.17, 15) is 17.2 Å². The first-order valence-electron chi connectivity index (χ1n) is 4.69. The number of aromatic nitrogens is 2. The molecule has 0 amide bonds. The molecular weight excluding hydrogens is 240 g/mol. The number of aryl methyl sites for hydroxylation is 2. The van der Waals surface area contributed by atoms with E-state index in [4.69, 9.17) is 0 Å². The second-order valence-electron chi connectivity index (χ2n) is 3.32. The Kier molecular flexibility index (Phi) is 4.36. The van der Waals surface area contributed by atoms with Gasteiger partial charge < -0.3 is 0 Å². The maximum absolute atomic E-state index is 11.9. The van der Waals surface area contributed by atoms with Crippen LogP contribution in [0.4, 0.5) is 8.78 Å². The molecule has 1 heterocycles. The van der Waals surface area contributed by atoms with E-state index in [0.29, 0.717) is 12.8 Å². The number of hydrogen-bond donors (Lipinski definition) is 2. The number of halogens is 2. The van der Waals surface area contributed by atoms with E-state index in [2.05, 4.69) is 10.2 Å². The van der Waals surface area contributed by atoms with Crippen molar-refractivity contribution in [2.24, 2.45) is 0 Å². The number of H-pyrrole nitrogens is 1. The highest BCUT2D eigenvalue weighted by Crippen LogP contribution is 2.06. The van der Waals surface area contributed by atoms with Crippen LogP contribution in [0.1, 0.15) is 17.7 Å². The summed E-state index contributed by atoms with van der Waals surface area (Å²) in [6.45, 7) is 1.84. The van der Waals surface area contributed by atoms with Crippen molar-refractivity contribution >= 4 is 10.0 Å². The van der Waals surface area contributed by atoms with Gasteiger partial charge >= 0.3 is 5.76 Å². The summed E-state index contributed by atoms with van der Waals surface area (Å²) >= 11 is 0. The Morgan fingerprint density at radius 3 is 2.75 bits per heavy atom. The Balaban J connectivity index is 2.30. The Bertz CT molecular complexity index is 430. The van der Waals surface area contributed by atoms with Crippen molar-refractivity contribution in [2.75, 3.05) is 6.54 Å². The summed E-state index contributed by atoms with van der Waals surface area (Å²) in [6.07, 6.45) is 2.68. The van der Waals surface area contributed by atoms with Gasteiger partial charge in [-0.1, -0.05) is 0 Å². The fourth-order valence-corrected chi connectivity index (χ4v) is 1.74.